The van der Waals surface area contributed by atoms with Gasteiger partial charge in [0.05, 0.1) is 4.99 Å². The standard InChI is InChI=1S/C30H38N2S/c31-25-11-13-26(14-12-25)32-28(33)30-18-22-16-29(20-30,24-9-5-2-6-10-24)17-23(19-30)27(22)15-21-7-3-1-4-8-21/h1-10,22-23,25-27H,11-20,31H2,(H,32,33)/t22?,23?,25-,26-,27?,29?,30?. The second-order valence-electron chi connectivity index (χ2n) is 11.9. The monoisotopic (exact) mass is 458 g/mol. The zero-order valence-corrected chi connectivity index (χ0v) is 20.5. The number of thiocarbonyl (C=S) groups is 1. The molecule has 3 N–H and O–H groups in total. The van der Waals surface area contributed by atoms with Crippen LogP contribution in [0.1, 0.15) is 68.9 Å². The largest absolute Gasteiger partial charge is 0.376 e. The summed E-state index contributed by atoms with van der Waals surface area (Å²) in [4.78, 5) is 1.19. The first kappa shape index (κ1) is 21.8. The van der Waals surface area contributed by atoms with Crippen LogP contribution < -0.4 is 11.1 Å². The molecule has 174 valence electrons. The van der Waals surface area contributed by atoms with Crippen molar-refractivity contribution in [3.05, 3.63) is 71.8 Å². The van der Waals surface area contributed by atoms with E-state index < -0.39 is 0 Å². The average Bonchev–Trinajstić information content (AvgIpc) is 2.84. The predicted molar refractivity (Wildman–Crippen MR) is 140 cm³/mol. The summed E-state index contributed by atoms with van der Waals surface area (Å²) in [6, 6.07) is 23.5. The van der Waals surface area contributed by atoms with Gasteiger partial charge in [-0.15, -0.1) is 0 Å². The van der Waals surface area contributed by atoms with E-state index in [1.807, 2.05) is 0 Å². The van der Waals surface area contributed by atoms with Crippen LogP contribution in [0, 0.1) is 23.2 Å². The smallest absolute Gasteiger partial charge is 0.0818 e. The van der Waals surface area contributed by atoms with Crippen LogP contribution in [0.15, 0.2) is 60.7 Å². The van der Waals surface area contributed by atoms with Crippen molar-refractivity contribution in [1.82, 2.24) is 5.32 Å². The minimum atomic E-state index is 0.184. The highest BCUT2D eigenvalue weighted by Crippen LogP contribution is 2.68. The highest BCUT2D eigenvalue weighted by Gasteiger charge is 2.62. The number of nitrogens with two attached hydrogens (primary N) is 1. The van der Waals surface area contributed by atoms with Crippen LogP contribution in [0.3, 0.4) is 0 Å². The molecule has 3 heteroatoms. The maximum atomic E-state index is 6.28. The van der Waals surface area contributed by atoms with Crippen LogP contribution in [-0.4, -0.2) is 17.1 Å². The molecule has 5 fully saturated rings. The minimum Gasteiger partial charge on any atom is -0.376 e. The first-order valence-corrected chi connectivity index (χ1v) is 13.6. The minimum absolute atomic E-state index is 0.184. The number of nitrogens with one attached hydrogen (secondary N) is 1. The van der Waals surface area contributed by atoms with E-state index in [0.717, 1.165) is 30.6 Å². The highest BCUT2D eigenvalue weighted by molar-refractivity contribution is 7.80. The van der Waals surface area contributed by atoms with Gasteiger partial charge < -0.3 is 11.1 Å². The first-order valence-electron chi connectivity index (χ1n) is 13.2. The molecular weight excluding hydrogens is 420 g/mol. The van der Waals surface area contributed by atoms with Crippen molar-refractivity contribution in [3.8, 4) is 0 Å². The topological polar surface area (TPSA) is 38.0 Å². The van der Waals surface area contributed by atoms with E-state index in [2.05, 4.69) is 66.0 Å². The Morgan fingerprint density at radius 1 is 0.848 bits per heavy atom. The summed E-state index contributed by atoms with van der Waals surface area (Å²) in [5.41, 5.74) is 9.74. The molecule has 4 bridgehead atoms. The Labute approximate surface area is 204 Å². The van der Waals surface area contributed by atoms with Gasteiger partial charge in [-0.3, -0.25) is 0 Å². The van der Waals surface area contributed by atoms with Crippen molar-refractivity contribution in [2.45, 2.75) is 81.7 Å². The summed E-state index contributed by atoms with van der Waals surface area (Å²) in [5.74, 6) is 2.34. The Kier molecular flexibility index (Phi) is 5.62. The maximum Gasteiger partial charge on any atom is 0.0818 e. The third-order valence-corrected chi connectivity index (χ3v) is 10.3. The van der Waals surface area contributed by atoms with Crippen molar-refractivity contribution >= 4 is 17.2 Å². The second kappa shape index (κ2) is 8.50. The van der Waals surface area contributed by atoms with Gasteiger partial charge in [0.25, 0.3) is 0 Å². The van der Waals surface area contributed by atoms with Crippen LogP contribution in [0.25, 0.3) is 0 Å². The van der Waals surface area contributed by atoms with E-state index in [4.69, 9.17) is 18.0 Å². The van der Waals surface area contributed by atoms with E-state index in [0.29, 0.717) is 17.5 Å². The van der Waals surface area contributed by atoms with Gasteiger partial charge in [-0.1, -0.05) is 72.9 Å². The lowest BCUT2D eigenvalue weighted by atomic mass is 9.39. The number of benzene rings is 2. The molecule has 7 rings (SSSR count). The van der Waals surface area contributed by atoms with Crippen molar-refractivity contribution in [1.29, 1.82) is 0 Å². The molecule has 0 aliphatic heterocycles. The number of hydrogen-bond donors (Lipinski definition) is 2. The molecule has 5 saturated carbocycles. The molecule has 0 amide bonds. The predicted octanol–water partition coefficient (Wildman–Crippen LogP) is 6.18. The molecule has 2 unspecified atom stereocenters. The van der Waals surface area contributed by atoms with Crippen LogP contribution in [0.4, 0.5) is 0 Å². The van der Waals surface area contributed by atoms with Crippen molar-refractivity contribution in [2.24, 2.45) is 28.9 Å². The molecule has 2 aromatic carbocycles. The summed E-state index contributed by atoms with van der Waals surface area (Å²) < 4.78 is 0. The molecule has 0 heterocycles. The Morgan fingerprint density at radius 3 is 2.09 bits per heavy atom. The van der Waals surface area contributed by atoms with Gasteiger partial charge in [-0.05, 0) is 98.5 Å². The summed E-state index contributed by atoms with van der Waals surface area (Å²) in [6.07, 6.45) is 12.3. The molecule has 33 heavy (non-hydrogen) atoms. The van der Waals surface area contributed by atoms with Crippen molar-refractivity contribution in [3.63, 3.8) is 0 Å². The van der Waals surface area contributed by atoms with Crippen LogP contribution in [0.2, 0.25) is 0 Å². The Bertz CT molecular complexity index is 963. The fourth-order valence-electron chi connectivity index (χ4n) is 8.46. The first-order chi connectivity index (χ1) is 16.1. The van der Waals surface area contributed by atoms with E-state index in [1.165, 1.54) is 61.9 Å². The van der Waals surface area contributed by atoms with Crippen molar-refractivity contribution in [2.75, 3.05) is 0 Å². The van der Waals surface area contributed by atoms with Gasteiger partial charge in [0.2, 0.25) is 0 Å². The van der Waals surface area contributed by atoms with E-state index in [9.17, 15) is 0 Å². The summed E-state index contributed by atoms with van der Waals surface area (Å²) >= 11 is 6.28. The normalized spacial score (nSPS) is 39.4. The fraction of sp³-hybridized carbons (Fsp3) is 0.567. The Morgan fingerprint density at radius 2 is 1.45 bits per heavy atom. The lowest BCUT2D eigenvalue weighted by Gasteiger charge is -2.65. The Hall–Kier alpha value is -1.71. The summed E-state index contributed by atoms with van der Waals surface area (Å²) in [5, 5.41) is 3.91. The molecule has 2 aromatic rings. The Balaban J connectivity index is 1.29. The third kappa shape index (κ3) is 3.96. The van der Waals surface area contributed by atoms with Gasteiger partial charge in [-0.25, -0.2) is 0 Å². The van der Waals surface area contributed by atoms with E-state index in [-0.39, 0.29) is 5.41 Å². The van der Waals surface area contributed by atoms with Crippen molar-refractivity contribution < 1.29 is 0 Å². The number of rotatable bonds is 5. The fourth-order valence-corrected chi connectivity index (χ4v) is 8.87. The zero-order chi connectivity index (χ0) is 22.5. The van der Waals surface area contributed by atoms with E-state index >= 15 is 0 Å². The highest BCUT2D eigenvalue weighted by atomic mass is 32.1. The molecular formula is C30H38N2S. The lowest BCUT2D eigenvalue weighted by molar-refractivity contribution is -0.0811. The number of hydrogen-bond acceptors (Lipinski definition) is 2. The molecule has 5 aliphatic carbocycles. The zero-order valence-electron chi connectivity index (χ0n) is 19.7. The molecule has 2 atom stereocenters. The molecule has 0 radical (unpaired) electrons. The van der Waals surface area contributed by atoms with Crippen LogP contribution in [-0.2, 0) is 11.8 Å². The van der Waals surface area contributed by atoms with Gasteiger partial charge in [0.15, 0.2) is 0 Å². The summed E-state index contributed by atoms with van der Waals surface area (Å²) in [6.45, 7) is 0. The SMILES string of the molecule is N[C@H]1CC[C@H](NC(=S)C23CC4CC(c5ccccc5)(CC(C2)C4Cc2ccccc2)C3)CC1. The maximum absolute atomic E-state index is 6.28. The van der Waals surface area contributed by atoms with E-state index in [1.54, 1.807) is 5.56 Å². The van der Waals surface area contributed by atoms with Gasteiger partial charge in [-0.2, -0.15) is 0 Å². The van der Waals surface area contributed by atoms with Gasteiger partial charge in [0, 0.05) is 17.5 Å². The van der Waals surface area contributed by atoms with Crippen LogP contribution >= 0.6 is 12.2 Å². The molecule has 2 nitrogen and oxygen atoms in total. The van der Waals surface area contributed by atoms with Gasteiger partial charge >= 0.3 is 0 Å². The summed E-state index contributed by atoms with van der Waals surface area (Å²) in [7, 11) is 0. The third-order valence-electron chi connectivity index (χ3n) is 9.79. The molecule has 5 aliphatic rings. The van der Waals surface area contributed by atoms with Gasteiger partial charge in [0.1, 0.15) is 0 Å². The lowest BCUT2D eigenvalue weighted by Crippen LogP contribution is -2.62. The van der Waals surface area contributed by atoms with Crippen LogP contribution in [0.5, 0.6) is 0 Å². The average molecular weight is 459 g/mol. The molecule has 0 saturated heterocycles. The second-order valence-corrected chi connectivity index (χ2v) is 12.3. The quantitative estimate of drug-likeness (QED) is 0.525. The molecule has 0 aromatic heterocycles. The molecule has 0 spiro atoms.